The number of amides is 1. The molecule has 0 fully saturated rings. The highest BCUT2D eigenvalue weighted by Crippen LogP contribution is 2.37. The van der Waals surface area contributed by atoms with Gasteiger partial charge in [-0.25, -0.2) is 0 Å². The van der Waals surface area contributed by atoms with E-state index in [1.54, 1.807) is 12.1 Å². The zero-order chi connectivity index (χ0) is 13.0. The van der Waals surface area contributed by atoms with Crippen molar-refractivity contribution in [2.24, 2.45) is 11.5 Å². The van der Waals surface area contributed by atoms with Gasteiger partial charge in [-0.1, -0.05) is 15.9 Å². The first-order chi connectivity index (χ1) is 7.99. The van der Waals surface area contributed by atoms with Gasteiger partial charge in [0.1, 0.15) is 0 Å². The van der Waals surface area contributed by atoms with Crippen LogP contribution in [0.1, 0.15) is 18.0 Å². The number of primary amides is 1. The molecule has 0 aliphatic rings. The third-order valence-corrected chi connectivity index (χ3v) is 2.75. The van der Waals surface area contributed by atoms with E-state index in [1.807, 2.05) is 0 Å². The summed E-state index contributed by atoms with van der Waals surface area (Å²) in [5.41, 5.74) is 11.7. The Balaban J connectivity index is 3.20. The van der Waals surface area contributed by atoms with Crippen LogP contribution in [-0.2, 0) is 4.79 Å². The van der Waals surface area contributed by atoms with Crippen molar-refractivity contribution in [3.8, 4) is 11.5 Å². The average molecular weight is 303 g/mol. The van der Waals surface area contributed by atoms with Crippen LogP contribution in [-0.4, -0.2) is 20.1 Å². The van der Waals surface area contributed by atoms with E-state index >= 15 is 0 Å². The summed E-state index contributed by atoms with van der Waals surface area (Å²) in [5, 5.41) is 0. The van der Waals surface area contributed by atoms with Crippen molar-refractivity contribution in [3.05, 3.63) is 22.2 Å². The number of rotatable bonds is 5. The molecular formula is C11H15BrN2O3. The number of carbonyl (C=O) groups excluding carboxylic acids is 1. The molecule has 4 N–H and O–H groups in total. The van der Waals surface area contributed by atoms with E-state index in [2.05, 4.69) is 15.9 Å². The highest BCUT2D eigenvalue weighted by atomic mass is 79.9. The Morgan fingerprint density at radius 1 is 1.41 bits per heavy atom. The summed E-state index contributed by atoms with van der Waals surface area (Å²) < 4.78 is 11.2. The molecular weight excluding hydrogens is 288 g/mol. The molecule has 0 aromatic heterocycles. The van der Waals surface area contributed by atoms with Crippen LogP contribution >= 0.6 is 15.9 Å². The largest absolute Gasteiger partial charge is 0.493 e. The number of ether oxygens (including phenoxy) is 2. The van der Waals surface area contributed by atoms with Gasteiger partial charge in [-0.3, -0.25) is 4.79 Å². The van der Waals surface area contributed by atoms with Crippen LogP contribution in [0, 0.1) is 0 Å². The Morgan fingerprint density at radius 3 is 2.53 bits per heavy atom. The summed E-state index contributed by atoms with van der Waals surface area (Å²) in [5.74, 6) is 0.611. The summed E-state index contributed by atoms with van der Waals surface area (Å²) in [7, 11) is 3.06. The summed E-state index contributed by atoms with van der Waals surface area (Å²) in [4.78, 5) is 10.9. The maximum absolute atomic E-state index is 10.9. The zero-order valence-corrected chi connectivity index (χ0v) is 11.3. The molecule has 0 heterocycles. The molecule has 94 valence electrons. The van der Waals surface area contributed by atoms with E-state index in [1.165, 1.54) is 14.2 Å². The lowest BCUT2D eigenvalue weighted by Gasteiger charge is -2.17. The molecule has 17 heavy (non-hydrogen) atoms. The van der Waals surface area contributed by atoms with Gasteiger partial charge in [0.05, 0.1) is 14.2 Å². The third-order valence-electron chi connectivity index (χ3n) is 2.29. The zero-order valence-electron chi connectivity index (χ0n) is 9.70. The van der Waals surface area contributed by atoms with Crippen molar-refractivity contribution in [1.82, 2.24) is 0 Å². The maximum atomic E-state index is 10.9. The van der Waals surface area contributed by atoms with Gasteiger partial charge in [0.25, 0.3) is 0 Å². The van der Waals surface area contributed by atoms with Gasteiger partial charge in [0.15, 0.2) is 11.5 Å². The Morgan fingerprint density at radius 2 is 2.06 bits per heavy atom. The molecule has 1 unspecified atom stereocenters. The summed E-state index contributed by atoms with van der Waals surface area (Å²) in [6, 6.07) is 3.03. The molecule has 1 rings (SSSR count). The van der Waals surface area contributed by atoms with Crippen LogP contribution in [0.15, 0.2) is 16.6 Å². The topological polar surface area (TPSA) is 87.6 Å². The number of nitrogens with two attached hydrogens (primary N) is 2. The van der Waals surface area contributed by atoms with Gasteiger partial charge in [0.2, 0.25) is 5.91 Å². The van der Waals surface area contributed by atoms with E-state index < -0.39 is 11.9 Å². The predicted octanol–water partition coefficient (Wildman–Crippen LogP) is 1.34. The first-order valence-electron chi connectivity index (χ1n) is 4.95. The summed E-state index contributed by atoms with van der Waals surface area (Å²) >= 11 is 3.34. The minimum atomic E-state index is -0.520. The molecule has 1 atom stereocenters. The van der Waals surface area contributed by atoms with Crippen molar-refractivity contribution in [1.29, 1.82) is 0 Å². The van der Waals surface area contributed by atoms with Crippen LogP contribution in [0.4, 0.5) is 0 Å². The van der Waals surface area contributed by atoms with Crippen LogP contribution < -0.4 is 20.9 Å². The first-order valence-corrected chi connectivity index (χ1v) is 5.74. The van der Waals surface area contributed by atoms with Crippen molar-refractivity contribution >= 4 is 21.8 Å². The van der Waals surface area contributed by atoms with Crippen molar-refractivity contribution in [2.75, 3.05) is 14.2 Å². The molecule has 0 aliphatic heterocycles. The molecule has 0 radical (unpaired) electrons. The number of methoxy groups -OCH3 is 2. The normalized spacial score (nSPS) is 12.0. The minimum Gasteiger partial charge on any atom is -0.493 e. The second kappa shape index (κ2) is 5.88. The lowest BCUT2D eigenvalue weighted by atomic mass is 10.0. The van der Waals surface area contributed by atoms with Crippen LogP contribution in [0.25, 0.3) is 0 Å². The molecule has 1 amide bonds. The highest BCUT2D eigenvalue weighted by Gasteiger charge is 2.18. The fourth-order valence-electron chi connectivity index (χ4n) is 1.56. The Bertz CT molecular complexity index is 423. The number of benzene rings is 1. The second-order valence-electron chi connectivity index (χ2n) is 3.51. The molecule has 0 spiro atoms. The molecule has 0 aliphatic carbocycles. The monoisotopic (exact) mass is 302 g/mol. The number of halogens is 1. The Labute approximate surface area is 108 Å². The highest BCUT2D eigenvalue weighted by molar-refractivity contribution is 9.10. The quantitative estimate of drug-likeness (QED) is 0.859. The third kappa shape index (κ3) is 3.34. The van der Waals surface area contributed by atoms with E-state index in [4.69, 9.17) is 20.9 Å². The van der Waals surface area contributed by atoms with Crippen molar-refractivity contribution in [3.63, 3.8) is 0 Å². The van der Waals surface area contributed by atoms with E-state index in [-0.39, 0.29) is 6.42 Å². The molecule has 5 nitrogen and oxygen atoms in total. The van der Waals surface area contributed by atoms with Crippen LogP contribution in [0.3, 0.4) is 0 Å². The SMILES string of the molecule is COc1cc(Br)cc(C(N)CC(N)=O)c1OC. The summed E-state index contributed by atoms with van der Waals surface area (Å²) in [6.07, 6.45) is 0.0516. The predicted molar refractivity (Wildman–Crippen MR) is 68.0 cm³/mol. The maximum Gasteiger partial charge on any atom is 0.219 e. The molecule has 1 aromatic carbocycles. The van der Waals surface area contributed by atoms with Gasteiger partial charge in [-0.05, 0) is 12.1 Å². The lowest BCUT2D eigenvalue weighted by molar-refractivity contribution is -0.118. The lowest BCUT2D eigenvalue weighted by Crippen LogP contribution is -2.21. The van der Waals surface area contributed by atoms with E-state index in [0.29, 0.717) is 17.1 Å². The van der Waals surface area contributed by atoms with Crippen LogP contribution in [0.5, 0.6) is 11.5 Å². The Hall–Kier alpha value is -1.27. The smallest absolute Gasteiger partial charge is 0.219 e. The van der Waals surface area contributed by atoms with Gasteiger partial charge >= 0.3 is 0 Å². The van der Waals surface area contributed by atoms with Crippen molar-refractivity contribution < 1.29 is 14.3 Å². The van der Waals surface area contributed by atoms with Gasteiger partial charge in [-0.15, -0.1) is 0 Å². The van der Waals surface area contributed by atoms with E-state index in [9.17, 15) is 4.79 Å². The Kier molecular flexibility index (Phi) is 4.77. The van der Waals surface area contributed by atoms with Crippen molar-refractivity contribution in [2.45, 2.75) is 12.5 Å². The molecule has 0 saturated carbocycles. The van der Waals surface area contributed by atoms with Gasteiger partial charge in [-0.2, -0.15) is 0 Å². The standard InChI is InChI=1S/C11H15BrN2O3/c1-16-9-4-6(12)3-7(11(9)17-2)8(13)5-10(14)15/h3-4,8H,5,13H2,1-2H3,(H2,14,15). The average Bonchev–Trinajstić information content (AvgIpc) is 2.26. The van der Waals surface area contributed by atoms with Crippen LogP contribution in [0.2, 0.25) is 0 Å². The summed E-state index contributed by atoms with van der Waals surface area (Å²) in [6.45, 7) is 0. The van der Waals surface area contributed by atoms with Gasteiger partial charge < -0.3 is 20.9 Å². The minimum absolute atomic E-state index is 0.0516. The molecule has 0 bridgehead atoms. The fraction of sp³-hybridized carbons (Fsp3) is 0.364. The number of hydrogen-bond acceptors (Lipinski definition) is 4. The number of carbonyl (C=O) groups is 1. The number of hydrogen-bond donors (Lipinski definition) is 2. The fourth-order valence-corrected chi connectivity index (χ4v) is 2.02. The molecule has 6 heteroatoms. The molecule has 0 saturated heterocycles. The van der Waals surface area contributed by atoms with Gasteiger partial charge in [0, 0.05) is 22.5 Å². The van der Waals surface area contributed by atoms with E-state index in [0.717, 1.165) is 4.47 Å². The second-order valence-corrected chi connectivity index (χ2v) is 4.42. The molecule has 1 aromatic rings. The first kappa shape index (κ1) is 13.8.